The zero-order valence-corrected chi connectivity index (χ0v) is 12.3. The molecule has 0 bridgehead atoms. The molecule has 2 N–H and O–H groups in total. The summed E-state index contributed by atoms with van der Waals surface area (Å²) in [5.41, 5.74) is 0.410. The van der Waals surface area contributed by atoms with E-state index in [-0.39, 0.29) is 12.0 Å². The minimum Gasteiger partial charge on any atom is -0.389 e. The quantitative estimate of drug-likeness (QED) is 0.823. The van der Waals surface area contributed by atoms with Gasteiger partial charge >= 0.3 is 0 Å². The summed E-state index contributed by atoms with van der Waals surface area (Å²) in [5, 5.41) is 15.8. The Hall–Kier alpha value is -0.280. The first-order valence-electron chi connectivity index (χ1n) is 7.01. The highest BCUT2D eigenvalue weighted by Crippen LogP contribution is 2.48. The van der Waals surface area contributed by atoms with E-state index >= 15 is 0 Å². The zero-order chi connectivity index (χ0) is 13.5. The zero-order valence-electron chi connectivity index (χ0n) is 10.8. The normalized spacial score (nSPS) is 34.9. The minimum absolute atomic E-state index is 0.0697. The third kappa shape index (κ3) is 2.40. The van der Waals surface area contributed by atoms with Crippen LogP contribution in [0.3, 0.4) is 0 Å². The SMILES string of the molecule is OC12CCCCC1C(c1c(Cl)cccc1Cl)NCC2. The fourth-order valence-corrected chi connectivity index (χ4v) is 4.37. The number of rotatable bonds is 1. The number of nitrogens with one attached hydrogen (secondary N) is 1. The van der Waals surface area contributed by atoms with Crippen LogP contribution in [0.5, 0.6) is 0 Å². The van der Waals surface area contributed by atoms with Crippen molar-refractivity contribution in [2.75, 3.05) is 6.54 Å². The summed E-state index contributed by atoms with van der Waals surface area (Å²) in [7, 11) is 0. The summed E-state index contributed by atoms with van der Waals surface area (Å²) in [6, 6.07) is 5.69. The summed E-state index contributed by atoms with van der Waals surface area (Å²) < 4.78 is 0. The van der Waals surface area contributed by atoms with Crippen molar-refractivity contribution >= 4 is 23.2 Å². The van der Waals surface area contributed by atoms with Gasteiger partial charge in [0.1, 0.15) is 0 Å². The maximum Gasteiger partial charge on any atom is 0.0706 e. The van der Waals surface area contributed by atoms with E-state index in [1.807, 2.05) is 18.2 Å². The van der Waals surface area contributed by atoms with Crippen molar-refractivity contribution in [3.8, 4) is 0 Å². The highest BCUT2D eigenvalue weighted by atomic mass is 35.5. The Labute approximate surface area is 124 Å². The van der Waals surface area contributed by atoms with Gasteiger partial charge in [-0.1, -0.05) is 42.1 Å². The summed E-state index contributed by atoms with van der Waals surface area (Å²) in [6.45, 7) is 0.819. The lowest BCUT2D eigenvalue weighted by Crippen LogP contribution is -2.53. The largest absolute Gasteiger partial charge is 0.389 e. The Balaban J connectivity index is 1.99. The van der Waals surface area contributed by atoms with Crippen molar-refractivity contribution in [1.82, 2.24) is 5.32 Å². The number of benzene rings is 1. The number of hydrogen-bond donors (Lipinski definition) is 2. The first kappa shape index (κ1) is 13.7. The van der Waals surface area contributed by atoms with E-state index in [4.69, 9.17) is 23.2 Å². The predicted octanol–water partition coefficient (Wildman–Crippen LogP) is 3.95. The molecule has 1 aliphatic heterocycles. The maximum atomic E-state index is 10.9. The van der Waals surface area contributed by atoms with Crippen molar-refractivity contribution in [1.29, 1.82) is 0 Å². The second-order valence-corrected chi connectivity index (χ2v) is 6.59. The van der Waals surface area contributed by atoms with Gasteiger partial charge in [0, 0.05) is 27.6 Å². The summed E-state index contributed by atoms with van der Waals surface area (Å²) in [4.78, 5) is 0. The Morgan fingerprint density at radius 3 is 2.63 bits per heavy atom. The van der Waals surface area contributed by atoms with Gasteiger partial charge in [0.2, 0.25) is 0 Å². The van der Waals surface area contributed by atoms with E-state index in [0.29, 0.717) is 10.0 Å². The Bertz CT molecular complexity index is 455. The molecule has 0 amide bonds. The number of fused-ring (bicyclic) bond motifs is 1. The van der Waals surface area contributed by atoms with E-state index in [2.05, 4.69) is 5.32 Å². The summed E-state index contributed by atoms with van der Waals surface area (Å²) in [6.07, 6.45) is 5.06. The van der Waals surface area contributed by atoms with Gasteiger partial charge in [-0.2, -0.15) is 0 Å². The van der Waals surface area contributed by atoms with Gasteiger partial charge in [0.15, 0.2) is 0 Å². The van der Waals surface area contributed by atoms with Crippen LogP contribution in [0, 0.1) is 5.92 Å². The van der Waals surface area contributed by atoms with E-state index in [1.165, 1.54) is 6.42 Å². The monoisotopic (exact) mass is 299 g/mol. The Morgan fingerprint density at radius 1 is 1.16 bits per heavy atom. The standard InChI is InChI=1S/C15H19Cl2NO/c16-11-5-3-6-12(17)13(11)14-10-4-1-2-7-15(10,19)8-9-18-14/h3,5-6,10,14,18-19H,1-2,4,7-9H2. The van der Waals surface area contributed by atoms with Gasteiger partial charge in [-0.05, 0) is 37.9 Å². The molecule has 19 heavy (non-hydrogen) atoms. The summed E-state index contributed by atoms with van der Waals surface area (Å²) in [5.74, 6) is 0.215. The molecule has 1 aliphatic carbocycles. The average Bonchev–Trinajstić information content (AvgIpc) is 2.38. The molecule has 3 rings (SSSR count). The van der Waals surface area contributed by atoms with Crippen molar-refractivity contribution in [2.45, 2.75) is 43.7 Å². The fraction of sp³-hybridized carbons (Fsp3) is 0.600. The van der Waals surface area contributed by atoms with Crippen LogP contribution in [0.15, 0.2) is 18.2 Å². The van der Waals surface area contributed by atoms with E-state index in [1.54, 1.807) is 0 Å². The number of halogens is 2. The van der Waals surface area contributed by atoms with Gasteiger partial charge in [-0.25, -0.2) is 0 Å². The van der Waals surface area contributed by atoms with E-state index in [9.17, 15) is 5.11 Å². The lowest BCUT2D eigenvalue weighted by Gasteiger charge is -2.48. The van der Waals surface area contributed by atoms with Crippen LogP contribution in [0.4, 0.5) is 0 Å². The molecule has 1 aromatic carbocycles. The molecule has 1 aromatic rings. The molecule has 1 heterocycles. The molecule has 2 nitrogen and oxygen atoms in total. The molecule has 4 heteroatoms. The predicted molar refractivity (Wildman–Crippen MR) is 78.7 cm³/mol. The highest BCUT2D eigenvalue weighted by Gasteiger charge is 2.46. The summed E-state index contributed by atoms with van der Waals surface area (Å²) >= 11 is 12.7. The molecule has 0 aromatic heterocycles. The van der Waals surface area contributed by atoms with Crippen LogP contribution in [0.25, 0.3) is 0 Å². The lowest BCUT2D eigenvalue weighted by molar-refractivity contribution is -0.0861. The van der Waals surface area contributed by atoms with Crippen LogP contribution in [0.2, 0.25) is 10.0 Å². The molecular weight excluding hydrogens is 281 g/mol. The number of hydrogen-bond acceptors (Lipinski definition) is 2. The van der Waals surface area contributed by atoms with Gasteiger partial charge in [0.25, 0.3) is 0 Å². The number of piperidine rings is 1. The van der Waals surface area contributed by atoms with Crippen molar-refractivity contribution < 1.29 is 5.11 Å². The molecule has 1 saturated carbocycles. The Kier molecular flexibility index (Phi) is 3.78. The fourth-order valence-electron chi connectivity index (χ4n) is 3.73. The third-order valence-corrected chi connectivity index (χ3v) is 5.36. The molecular formula is C15H19Cl2NO. The maximum absolute atomic E-state index is 10.9. The molecule has 2 aliphatic rings. The third-order valence-electron chi connectivity index (χ3n) is 4.70. The lowest BCUT2D eigenvalue weighted by atomic mass is 9.67. The molecule has 3 atom stereocenters. The highest BCUT2D eigenvalue weighted by molar-refractivity contribution is 6.36. The number of aliphatic hydroxyl groups is 1. The average molecular weight is 300 g/mol. The molecule has 3 unspecified atom stereocenters. The first-order chi connectivity index (χ1) is 9.12. The van der Waals surface area contributed by atoms with Crippen LogP contribution in [0.1, 0.15) is 43.7 Å². The van der Waals surface area contributed by atoms with Crippen molar-refractivity contribution in [2.24, 2.45) is 5.92 Å². The molecule has 0 spiro atoms. The van der Waals surface area contributed by atoms with Crippen LogP contribution in [-0.2, 0) is 0 Å². The second-order valence-electron chi connectivity index (χ2n) is 5.77. The van der Waals surface area contributed by atoms with Gasteiger partial charge < -0.3 is 10.4 Å². The molecule has 1 saturated heterocycles. The Morgan fingerprint density at radius 2 is 1.89 bits per heavy atom. The smallest absolute Gasteiger partial charge is 0.0706 e. The molecule has 104 valence electrons. The van der Waals surface area contributed by atoms with Gasteiger partial charge in [-0.15, -0.1) is 0 Å². The van der Waals surface area contributed by atoms with Crippen LogP contribution in [-0.4, -0.2) is 17.3 Å². The van der Waals surface area contributed by atoms with Gasteiger partial charge in [-0.3, -0.25) is 0 Å². The van der Waals surface area contributed by atoms with Crippen molar-refractivity contribution in [3.05, 3.63) is 33.8 Å². The van der Waals surface area contributed by atoms with Gasteiger partial charge in [0.05, 0.1) is 5.60 Å². The second kappa shape index (κ2) is 5.25. The van der Waals surface area contributed by atoms with E-state index in [0.717, 1.165) is 37.8 Å². The van der Waals surface area contributed by atoms with Crippen LogP contribution < -0.4 is 5.32 Å². The van der Waals surface area contributed by atoms with Crippen molar-refractivity contribution in [3.63, 3.8) is 0 Å². The topological polar surface area (TPSA) is 32.3 Å². The van der Waals surface area contributed by atoms with E-state index < -0.39 is 5.60 Å². The van der Waals surface area contributed by atoms with Crippen LogP contribution >= 0.6 is 23.2 Å². The molecule has 0 radical (unpaired) electrons. The minimum atomic E-state index is -0.545. The molecule has 2 fully saturated rings. The first-order valence-corrected chi connectivity index (χ1v) is 7.77.